The van der Waals surface area contributed by atoms with Crippen LogP contribution in [0.25, 0.3) is 0 Å². The van der Waals surface area contributed by atoms with Crippen molar-refractivity contribution in [2.75, 3.05) is 26.4 Å². The highest BCUT2D eigenvalue weighted by Gasteiger charge is 2.63. The molecule has 8 aliphatic rings. The summed E-state index contributed by atoms with van der Waals surface area (Å²) in [6.07, 6.45) is 16.1. The molecule has 0 heterocycles. The molecular weight excluding hydrogens is 620 g/mol. The zero-order valence-corrected chi connectivity index (χ0v) is 29.0. The van der Waals surface area contributed by atoms with E-state index in [-0.39, 0.29) is 48.1 Å². The van der Waals surface area contributed by atoms with Crippen LogP contribution in [-0.4, -0.2) is 50.3 Å². The number of rotatable bonds is 16. The minimum Gasteiger partial charge on any atom is -0.461 e. The Labute approximate surface area is 290 Å². The lowest BCUT2D eigenvalue weighted by atomic mass is 9.90. The van der Waals surface area contributed by atoms with Gasteiger partial charge in [0.15, 0.2) is 0 Å². The van der Waals surface area contributed by atoms with Crippen LogP contribution in [0.5, 0.6) is 0 Å². The van der Waals surface area contributed by atoms with E-state index in [1.54, 1.807) is 0 Å². The summed E-state index contributed by atoms with van der Waals surface area (Å²) >= 11 is 0. The average Bonchev–Trinajstić information content (AvgIpc) is 4.10. The maximum absolute atomic E-state index is 13.5. The predicted molar refractivity (Wildman–Crippen MR) is 180 cm³/mol. The van der Waals surface area contributed by atoms with Gasteiger partial charge in [0.1, 0.15) is 31.8 Å². The molecule has 8 atom stereocenters. The summed E-state index contributed by atoms with van der Waals surface area (Å²) in [6, 6.07) is 0. The fourth-order valence-corrected chi connectivity index (χ4v) is 11.3. The monoisotopic (exact) mass is 672 g/mol. The first-order valence-electron chi connectivity index (χ1n) is 18.9. The van der Waals surface area contributed by atoms with E-state index in [1.165, 1.54) is 0 Å². The van der Waals surface area contributed by atoms with Gasteiger partial charge in [0.2, 0.25) is 0 Å². The first-order chi connectivity index (χ1) is 23.4. The summed E-state index contributed by atoms with van der Waals surface area (Å²) in [5.74, 6) is -0.204. The van der Waals surface area contributed by atoms with E-state index in [2.05, 4.69) is 26.3 Å². The number of hydrogen-bond donors (Lipinski definition) is 0. The quantitative estimate of drug-likeness (QED) is 0.0969. The minimum atomic E-state index is -1.36. The molecule has 8 fully saturated rings. The van der Waals surface area contributed by atoms with Crippen molar-refractivity contribution >= 4 is 23.9 Å². The highest BCUT2D eigenvalue weighted by molar-refractivity contribution is 5.92. The summed E-state index contributed by atoms with van der Waals surface area (Å²) in [6.45, 7) is 15.4. The van der Waals surface area contributed by atoms with Gasteiger partial charge in [-0.25, -0.2) is 19.2 Å². The summed E-state index contributed by atoms with van der Waals surface area (Å²) in [5, 5.41) is 0. The van der Waals surface area contributed by atoms with Crippen molar-refractivity contribution in [3.05, 3.63) is 48.6 Å². The van der Waals surface area contributed by atoms with Crippen molar-refractivity contribution in [2.45, 2.75) is 103 Å². The maximum Gasteiger partial charge on any atom is 0.334 e. The van der Waals surface area contributed by atoms with Crippen LogP contribution in [-0.2, 0) is 38.1 Å². The van der Waals surface area contributed by atoms with Gasteiger partial charge in [-0.1, -0.05) is 52.0 Å². The third-order valence-corrected chi connectivity index (χ3v) is 15.1. The summed E-state index contributed by atoms with van der Waals surface area (Å²) in [4.78, 5) is 54.1. The Bertz CT molecular complexity index is 1330. The highest BCUT2D eigenvalue weighted by Crippen LogP contribution is 2.69. The van der Waals surface area contributed by atoms with Crippen LogP contribution < -0.4 is 0 Å². The van der Waals surface area contributed by atoms with Gasteiger partial charge in [-0.05, 0) is 101 Å². The molecule has 0 N–H and O–H groups in total. The zero-order chi connectivity index (χ0) is 34.4. The predicted octanol–water partition coefficient (Wildman–Crippen LogP) is 7.13. The lowest BCUT2D eigenvalue weighted by molar-refractivity contribution is -0.166. The fraction of sp³-hybridized carbons (Fsp3) is 0.707. The zero-order valence-electron chi connectivity index (χ0n) is 29.0. The molecule has 264 valence electrons. The van der Waals surface area contributed by atoms with Crippen LogP contribution in [0.15, 0.2) is 48.6 Å². The largest absolute Gasteiger partial charge is 0.461 e. The second-order valence-corrected chi connectivity index (χ2v) is 17.5. The van der Waals surface area contributed by atoms with Gasteiger partial charge < -0.3 is 18.9 Å². The Morgan fingerprint density at radius 1 is 0.449 bits per heavy atom. The van der Waals surface area contributed by atoms with Gasteiger partial charge in [0.05, 0.1) is 0 Å². The SMILES string of the molecule is C=C(C(=O)OCC(COC(=O)C(=C)C12CCCC1C2)(COC(=O)C(=C)C12CCCC1C2)COC(=O)C(=C)C12CCCC1C2)C12CCCC1C2. The molecule has 0 amide bonds. The topological polar surface area (TPSA) is 105 Å². The average molecular weight is 673 g/mol. The van der Waals surface area contributed by atoms with Crippen molar-refractivity contribution in [3.8, 4) is 0 Å². The third kappa shape index (κ3) is 5.28. The van der Waals surface area contributed by atoms with Crippen LogP contribution >= 0.6 is 0 Å². The highest BCUT2D eigenvalue weighted by atomic mass is 16.6. The van der Waals surface area contributed by atoms with E-state index in [9.17, 15) is 19.2 Å². The molecule has 49 heavy (non-hydrogen) atoms. The summed E-state index contributed by atoms with van der Waals surface area (Å²) in [5.41, 5.74) is -0.279. The van der Waals surface area contributed by atoms with Crippen LogP contribution in [0.1, 0.15) is 103 Å². The van der Waals surface area contributed by atoms with E-state index < -0.39 is 29.3 Å². The van der Waals surface area contributed by atoms with E-state index >= 15 is 0 Å². The number of carbonyl (C=O) groups excluding carboxylic acids is 4. The molecule has 0 saturated heterocycles. The molecule has 0 aliphatic heterocycles. The van der Waals surface area contributed by atoms with Gasteiger partial charge in [-0.3, -0.25) is 0 Å². The second kappa shape index (κ2) is 11.4. The van der Waals surface area contributed by atoms with Crippen molar-refractivity contribution in [1.82, 2.24) is 0 Å². The van der Waals surface area contributed by atoms with Crippen molar-refractivity contribution in [2.24, 2.45) is 50.7 Å². The summed E-state index contributed by atoms with van der Waals surface area (Å²) < 4.78 is 23.8. The molecule has 0 spiro atoms. The van der Waals surface area contributed by atoms with E-state index in [0.29, 0.717) is 46.0 Å². The van der Waals surface area contributed by atoms with Crippen LogP contribution in [0.2, 0.25) is 0 Å². The molecule has 8 heteroatoms. The van der Waals surface area contributed by atoms with Gasteiger partial charge in [0, 0.05) is 44.0 Å². The molecule has 8 unspecified atom stereocenters. The minimum absolute atomic E-state index is 0.192. The molecule has 0 radical (unpaired) electrons. The molecular formula is C41H52O8. The number of fused-ring (bicyclic) bond motifs is 4. The Kier molecular flexibility index (Phi) is 7.70. The Morgan fingerprint density at radius 3 is 0.837 bits per heavy atom. The molecule has 0 bridgehead atoms. The number of ether oxygens (including phenoxy) is 4. The molecule has 8 aliphatic carbocycles. The molecule has 0 aromatic carbocycles. The van der Waals surface area contributed by atoms with Gasteiger partial charge >= 0.3 is 23.9 Å². The van der Waals surface area contributed by atoms with Gasteiger partial charge in [0.25, 0.3) is 0 Å². The molecule has 8 saturated carbocycles. The number of esters is 4. The second-order valence-electron chi connectivity index (χ2n) is 17.5. The molecule has 0 aromatic heterocycles. The first kappa shape index (κ1) is 33.0. The molecule has 8 rings (SSSR count). The normalized spacial score (nSPS) is 39.2. The number of hydrogen-bond acceptors (Lipinski definition) is 8. The van der Waals surface area contributed by atoms with Crippen molar-refractivity contribution < 1.29 is 38.1 Å². The summed E-state index contributed by atoms with van der Waals surface area (Å²) in [7, 11) is 0. The van der Waals surface area contributed by atoms with E-state index in [0.717, 1.165) is 103 Å². The van der Waals surface area contributed by atoms with Crippen LogP contribution in [0.3, 0.4) is 0 Å². The van der Waals surface area contributed by atoms with Gasteiger partial charge in [-0.15, -0.1) is 0 Å². The van der Waals surface area contributed by atoms with Crippen LogP contribution in [0, 0.1) is 50.7 Å². The maximum atomic E-state index is 13.5. The van der Waals surface area contributed by atoms with Crippen molar-refractivity contribution in [3.63, 3.8) is 0 Å². The van der Waals surface area contributed by atoms with Gasteiger partial charge in [-0.2, -0.15) is 0 Å². The molecule has 8 nitrogen and oxygen atoms in total. The third-order valence-electron chi connectivity index (χ3n) is 15.1. The smallest absolute Gasteiger partial charge is 0.334 e. The van der Waals surface area contributed by atoms with Crippen molar-refractivity contribution in [1.29, 1.82) is 0 Å². The lowest BCUT2D eigenvalue weighted by Gasteiger charge is -2.33. The van der Waals surface area contributed by atoms with E-state index in [1.807, 2.05) is 0 Å². The number of carbonyl (C=O) groups is 4. The van der Waals surface area contributed by atoms with Crippen LogP contribution in [0.4, 0.5) is 0 Å². The Morgan fingerprint density at radius 2 is 0.673 bits per heavy atom. The lowest BCUT2D eigenvalue weighted by Crippen LogP contribution is -2.45. The fourth-order valence-electron chi connectivity index (χ4n) is 11.3. The standard InChI is InChI=1S/C41H52O8/c1-25(38-13-5-9-29(38)17-38)33(42)46-21-37(22-47-34(43)26(2)39-14-6-10-30(39)18-39,23-48-35(44)27(3)40-15-7-11-31(40)19-40)24-49-36(45)28(4)41-16-8-12-32(41)20-41/h29-32H,1-24H2. The first-order valence-corrected chi connectivity index (χ1v) is 18.9. The molecule has 0 aromatic rings. The Balaban J connectivity index is 1.01. The van der Waals surface area contributed by atoms with E-state index in [4.69, 9.17) is 18.9 Å². The Hall–Kier alpha value is -3.16.